The van der Waals surface area contributed by atoms with Gasteiger partial charge in [0.05, 0.1) is 47.8 Å². The number of aromatic amines is 3. The van der Waals surface area contributed by atoms with Gasteiger partial charge in [0.15, 0.2) is 0 Å². The molecule has 0 fully saturated rings. The molecule has 10 rings (SSSR count). The third-order valence-corrected chi connectivity index (χ3v) is 12.3. The quantitative estimate of drug-likeness (QED) is 0.0943. The van der Waals surface area contributed by atoms with Crippen LogP contribution in [0.15, 0.2) is 122 Å². The Morgan fingerprint density at radius 1 is 0.676 bits per heavy atom. The molecule has 0 amide bonds. The Morgan fingerprint density at radius 3 is 1.87 bits per heavy atom. The molecule has 0 saturated carbocycles. The van der Waals surface area contributed by atoms with E-state index in [1.54, 1.807) is 37.4 Å². The Balaban J connectivity index is 0.000000139. The lowest BCUT2D eigenvalue weighted by atomic mass is 9.84. The first-order valence-corrected chi connectivity index (χ1v) is 21.5. The molecule has 3 aliphatic rings. The number of fused-ring (bicyclic) bond motifs is 3. The van der Waals surface area contributed by atoms with Gasteiger partial charge in [-0.2, -0.15) is 26.0 Å². The van der Waals surface area contributed by atoms with E-state index in [1.807, 2.05) is 69.3 Å². The number of nitriles is 4. The molecule has 20 heteroatoms. The summed E-state index contributed by atoms with van der Waals surface area (Å²) in [5.41, 5.74) is 25.2. The zero-order chi connectivity index (χ0) is 48.4. The maximum atomic E-state index is 9.57. The molecule has 0 bridgehead atoms. The highest BCUT2D eigenvalue weighted by atomic mass is 79.9. The molecule has 4 aromatic heterocycles. The van der Waals surface area contributed by atoms with Crippen molar-refractivity contribution in [1.29, 1.82) is 21.0 Å². The van der Waals surface area contributed by atoms with Crippen molar-refractivity contribution in [3.05, 3.63) is 179 Å². The number of aryl methyl sites for hydroxylation is 3. The molecule has 18 nitrogen and oxygen atoms in total. The summed E-state index contributed by atoms with van der Waals surface area (Å²) in [6, 6.07) is 32.2. The summed E-state index contributed by atoms with van der Waals surface area (Å²) in [4.78, 5) is 7.43. The van der Waals surface area contributed by atoms with Crippen molar-refractivity contribution in [2.45, 2.75) is 38.5 Å². The van der Waals surface area contributed by atoms with E-state index in [1.165, 1.54) is 0 Å². The van der Waals surface area contributed by atoms with Crippen LogP contribution in [0.5, 0.6) is 23.4 Å². The maximum absolute atomic E-state index is 9.57. The van der Waals surface area contributed by atoms with Crippen LogP contribution in [0.25, 0.3) is 11.3 Å². The third-order valence-electron chi connectivity index (χ3n) is 11.2. The molecule has 7 heterocycles. The average molecular weight is 991 g/mol. The molecule has 0 spiro atoms. The van der Waals surface area contributed by atoms with E-state index in [-0.39, 0.29) is 35.1 Å². The number of nitrogens with zero attached hydrogens (tertiary/aromatic N) is 7. The lowest BCUT2D eigenvalue weighted by Crippen LogP contribution is -2.21. The zero-order valence-corrected chi connectivity index (χ0v) is 38.7. The summed E-state index contributed by atoms with van der Waals surface area (Å²) in [6.45, 7) is 5.53. The number of nitrogens with one attached hydrogen (secondary N) is 3. The fourth-order valence-electron chi connectivity index (χ4n) is 8.06. The first kappa shape index (κ1) is 45.7. The largest absolute Gasteiger partial charge is 0.497 e. The number of hydrogen-bond donors (Lipinski definition) is 6. The van der Waals surface area contributed by atoms with Crippen LogP contribution in [-0.4, -0.2) is 37.5 Å². The second kappa shape index (κ2) is 18.9. The third kappa shape index (κ3) is 8.31. The van der Waals surface area contributed by atoms with Crippen LogP contribution < -0.4 is 36.1 Å². The van der Waals surface area contributed by atoms with Crippen LogP contribution in [0.3, 0.4) is 0 Å². The number of imidazole rings is 1. The molecule has 7 aromatic rings. The predicted molar refractivity (Wildman–Crippen MR) is 249 cm³/mol. The van der Waals surface area contributed by atoms with Gasteiger partial charge < -0.3 is 45.5 Å². The van der Waals surface area contributed by atoms with Gasteiger partial charge in [-0.1, -0.05) is 57.9 Å². The minimum Gasteiger partial charge on any atom is -0.497 e. The molecule has 3 aliphatic heterocycles. The van der Waals surface area contributed by atoms with Crippen LogP contribution in [0, 0.1) is 66.1 Å². The number of allylic oxidation sites excluding steroid dienone is 3. The highest BCUT2D eigenvalue weighted by Crippen LogP contribution is 2.47. The van der Waals surface area contributed by atoms with Gasteiger partial charge >= 0.3 is 0 Å². The van der Waals surface area contributed by atoms with Gasteiger partial charge in [-0.15, -0.1) is 10.2 Å². The molecule has 68 heavy (non-hydrogen) atoms. The Kier molecular flexibility index (Phi) is 12.7. The van der Waals surface area contributed by atoms with Crippen molar-refractivity contribution < 1.29 is 23.4 Å². The van der Waals surface area contributed by atoms with Gasteiger partial charge in [0.2, 0.25) is 35.3 Å². The van der Waals surface area contributed by atoms with Crippen LogP contribution >= 0.6 is 27.5 Å². The van der Waals surface area contributed by atoms with Crippen molar-refractivity contribution in [3.8, 4) is 59.0 Å². The molecule has 0 saturated heterocycles. The first-order valence-electron chi connectivity index (χ1n) is 20.4. The number of ether oxygens (including phenoxy) is 4. The van der Waals surface area contributed by atoms with Gasteiger partial charge in [-0.3, -0.25) is 10.2 Å². The van der Waals surface area contributed by atoms with Crippen molar-refractivity contribution in [3.63, 3.8) is 0 Å². The summed E-state index contributed by atoms with van der Waals surface area (Å²) in [6.07, 6.45) is 0. The van der Waals surface area contributed by atoms with Gasteiger partial charge in [0.1, 0.15) is 58.0 Å². The van der Waals surface area contributed by atoms with E-state index in [0.29, 0.717) is 79.3 Å². The normalized spacial score (nSPS) is 16.5. The number of furan rings is 1. The van der Waals surface area contributed by atoms with E-state index in [9.17, 15) is 21.0 Å². The minimum absolute atomic E-state index is 0.00637. The van der Waals surface area contributed by atoms with Crippen LogP contribution in [0.1, 0.15) is 74.2 Å². The monoisotopic (exact) mass is 989 g/mol. The van der Waals surface area contributed by atoms with Crippen molar-refractivity contribution >= 4 is 27.5 Å². The number of benzene rings is 3. The smallest absolute Gasteiger partial charge is 0.244 e. The number of methoxy groups -OCH3 is 1. The number of halogens is 2. The Morgan fingerprint density at radius 2 is 1.25 bits per heavy atom. The number of H-pyrrole nitrogens is 3. The van der Waals surface area contributed by atoms with Gasteiger partial charge in [-0.05, 0) is 80.4 Å². The van der Waals surface area contributed by atoms with Crippen LogP contribution in [-0.2, 0) is 0 Å². The van der Waals surface area contributed by atoms with E-state index in [4.69, 9.17) is 52.2 Å². The predicted octanol–water partition coefficient (Wildman–Crippen LogP) is 8.37. The average Bonchev–Trinajstić information content (AvgIpc) is 4.15. The van der Waals surface area contributed by atoms with Crippen molar-refractivity contribution in [2.75, 3.05) is 7.11 Å². The molecule has 0 aliphatic carbocycles. The molecule has 3 unspecified atom stereocenters. The summed E-state index contributed by atoms with van der Waals surface area (Å²) < 4.78 is 28.4. The van der Waals surface area contributed by atoms with Crippen LogP contribution in [0.4, 0.5) is 0 Å². The highest BCUT2D eigenvalue weighted by molar-refractivity contribution is 9.10. The van der Waals surface area contributed by atoms with E-state index < -0.39 is 5.92 Å². The molecular formula is C48H37BrClN13O5. The summed E-state index contributed by atoms with van der Waals surface area (Å²) in [5, 5.41) is 52.2. The summed E-state index contributed by atoms with van der Waals surface area (Å²) in [7, 11) is 1.60. The fourth-order valence-corrected chi connectivity index (χ4v) is 8.78. The van der Waals surface area contributed by atoms with Crippen molar-refractivity contribution in [1.82, 2.24) is 30.4 Å². The van der Waals surface area contributed by atoms with Gasteiger partial charge in [-0.25, -0.2) is 0 Å². The molecular weight excluding hydrogens is 954 g/mol. The number of nitrogens with two attached hydrogens (primary N) is 3. The van der Waals surface area contributed by atoms with E-state index in [0.717, 1.165) is 32.6 Å². The Bertz CT molecular complexity index is 3410. The number of rotatable bonds is 5. The second-order valence-electron chi connectivity index (χ2n) is 15.2. The van der Waals surface area contributed by atoms with Gasteiger partial charge in [0.25, 0.3) is 0 Å². The standard InChI is InChI=1S/C19H13N5O2.C15H13BrN4O2.C14H11ClN4O/c1-10-16-17(13(9-21)18(22)26-19(16)24-23-10)15-7-6-14(25-15)12-5-3-2-4-11(12)8-20;1-7-19-13-12(9-5-8(21-2)3-4-11(9)16)10(6-17)14(18)22-15(13)20-7;1-7-11-12(8-4-2-3-5-10(8)15)9(6-16)13(17)20-14(11)19-18-7/h2-7,17H,22H2,1H3,(H,23,24);3-5,12H,18H2,1-2H3,(H,19,20);2-5,12H,17H2,1H3,(H,18,19). The van der Waals surface area contributed by atoms with Crippen molar-refractivity contribution in [2.24, 2.45) is 17.2 Å². The molecule has 0 radical (unpaired) electrons. The lowest BCUT2D eigenvalue weighted by molar-refractivity contribution is 0.371. The highest BCUT2D eigenvalue weighted by Gasteiger charge is 2.38. The van der Waals surface area contributed by atoms with Crippen LogP contribution in [0.2, 0.25) is 5.02 Å². The first-order chi connectivity index (χ1) is 32.8. The molecule has 3 atom stereocenters. The topological polar surface area (TPSA) is 309 Å². The molecule has 338 valence electrons. The second-order valence-corrected chi connectivity index (χ2v) is 16.5. The minimum atomic E-state index is -0.523. The fraction of sp³-hybridized carbons (Fsp3) is 0.146. The Labute approximate surface area is 401 Å². The number of hydrogen-bond acceptors (Lipinski definition) is 15. The summed E-state index contributed by atoms with van der Waals surface area (Å²) in [5.74, 6) is 2.45. The van der Waals surface area contributed by atoms with E-state index >= 15 is 0 Å². The summed E-state index contributed by atoms with van der Waals surface area (Å²) >= 11 is 9.80. The molecule has 3 aromatic carbocycles. The van der Waals surface area contributed by atoms with E-state index in [2.05, 4.69) is 70.6 Å². The Hall–Kier alpha value is -8.88. The lowest BCUT2D eigenvalue weighted by Gasteiger charge is -2.24. The maximum Gasteiger partial charge on any atom is 0.244 e. The van der Waals surface area contributed by atoms with Gasteiger partial charge in [0, 0.05) is 32.0 Å². The number of aromatic nitrogens is 6. The SMILES string of the molecule is COc1ccc(Br)c(C2C(C#N)=C(N)Oc3nc(C)[nH]c32)c1.Cc1[nH]nc2c1C(c1ccc(-c3ccccc3C#N)o1)C(C#N)=C(N)O2.Cc1[nH]nc2c1C(c1ccccc1Cl)C(C#N)=C(N)O2. The zero-order valence-electron chi connectivity index (χ0n) is 36.4. The molecule has 9 N–H and O–H groups in total.